The number of aliphatic carboxylic acids is 1. The molecule has 0 saturated heterocycles. The number of nitrogens with zero attached hydrogens (tertiary/aromatic N) is 1. The molecule has 1 aromatic heterocycles. The van der Waals surface area contributed by atoms with Crippen molar-refractivity contribution in [3.05, 3.63) is 23.2 Å². The van der Waals surface area contributed by atoms with Gasteiger partial charge in [0.2, 0.25) is 0 Å². The topological polar surface area (TPSA) is 82.8 Å². The SMILES string of the molecule is Cc1cc(C(C)NC(=O)N(CC(=O)O)C2CC2)c(C)o1. The van der Waals surface area contributed by atoms with Gasteiger partial charge in [0.05, 0.1) is 6.04 Å². The molecule has 2 rings (SSSR count). The highest BCUT2D eigenvalue weighted by Gasteiger charge is 2.34. The van der Waals surface area contributed by atoms with Gasteiger partial charge in [0.1, 0.15) is 18.1 Å². The van der Waals surface area contributed by atoms with E-state index in [4.69, 9.17) is 9.52 Å². The number of nitrogens with one attached hydrogen (secondary N) is 1. The molecular weight excluding hydrogens is 260 g/mol. The number of furan rings is 1. The summed E-state index contributed by atoms with van der Waals surface area (Å²) < 4.78 is 5.44. The van der Waals surface area contributed by atoms with Crippen molar-refractivity contribution < 1.29 is 19.1 Å². The van der Waals surface area contributed by atoms with Crippen molar-refractivity contribution in [3.8, 4) is 0 Å². The van der Waals surface area contributed by atoms with E-state index in [1.54, 1.807) is 0 Å². The third-order valence-corrected chi connectivity index (χ3v) is 3.44. The third-order valence-electron chi connectivity index (χ3n) is 3.44. The Kier molecular flexibility index (Phi) is 4.01. The lowest BCUT2D eigenvalue weighted by Crippen LogP contribution is -2.44. The number of amides is 2. The van der Waals surface area contributed by atoms with Crippen LogP contribution in [0.25, 0.3) is 0 Å². The Balaban J connectivity index is 2.02. The Labute approximate surface area is 117 Å². The summed E-state index contributed by atoms with van der Waals surface area (Å²) in [5, 5.41) is 11.7. The molecule has 20 heavy (non-hydrogen) atoms. The summed E-state index contributed by atoms with van der Waals surface area (Å²) in [5.74, 6) is 0.574. The Bertz CT molecular complexity index is 519. The number of rotatable bonds is 5. The van der Waals surface area contributed by atoms with E-state index in [2.05, 4.69) is 5.32 Å². The lowest BCUT2D eigenvalue weighted by molar-refractivity contribution is -0.137. The van der Waals surface area contributed by atoms with Crippen molar-refractivity contribution in [1.29, 1.82) is 0 Å². The predicted molar refractivity (Wildman–Crippen MR) is 72.5 cm³/mol. The van der Waals surface area contributed by atoms with Gasteiger partial charge in [0.25, 0.3) is 0 Å². The molecule has 1 aromatic rings. The molecule has 1 fully saturated rings. The third kappa shape index (κ3) is 3.31. The minimum atomic E-state index is -0.991. The first-order chi connectivity index (χ1) is 9.38. The van der Waals surface area contributed by atoms with Gasteiger partial charge in [-0.2, -0.15) is 0 Å². The van der Waals surface area contributed by atoms with Crippen LogP contribution in [-0.2, 0) is 4.79 Å². The highest BCUT2D eigenvalue weighted by atomic mass is 16.4. The van der Waals surface area contributed by atoms with E-state index in [0.29, 0.717) is 0 Å². The van der Waals surface area contributed by atoms with E-state index in [1.165, 1.54) is 4.90 Å². The zero-order chi connectivity index (χ0) is 14.9. The van der Waals surface area contributed by atoms with Crippen molar-refractivity contribution >= 4 is 12.0 Å². The van der Waals surface area contributed by atoms with Crippen LogP contribution in [0, 0.1) is 13.8 Å². The van der Waals surface area contributed by atoms with Crippen molar-refractivity contribution in [1.82, 2.24) is 10.2 Å². The average molecular weight is 280 g/mol. The van der Waals surface area contributed by atoms with Crippen LogP contribution in [0.15, 0.2) is 10.5 Å². The highest BCUT2D eigenvalue weighted by Crippen LogP contribution is 2.27. The largest absolute Gasteiger partial charge is 0.480 e. The molecule has 2 amide bonds. The van der Waals surface area contributed by atoms with Gasteiger partial charge in [-0.15, -0.1) is 0 Å². The van der Waals surface area contributed by atoms with Crippen molar-refractivity contribution in [2.24, 2.45) is 0 Å². The maximum atomic E-state index is 12.2. The van der Waals surface area contributed by atoms with Gasteiger partial charge in [0, 0.05) is 11.6 Å². The quantitative estimate of drug-likeness (QED) is 0.866. The molecule has 1 unspecified atom stereocenters. The van der Waals surface area contributed by atoms with E-state index in [-0.39, 0.29) is 24.7 Å². The van der Waals surface area contributed by atoms with Crippen LogP contribution in [0.2, 0.25) is 0 Å². The molecule has 1 aliphatic rings. The zero-order valence-corrected chi connectivity index (χ0v) is 12.0. The van der Waals surface area contributed by atoms with E-state index in [1.807, 2.05) is 26.8 Å². The van der Waals surface area contributed by atoms with Crippen molar-refractivity contribution in [2.75, 3.05) is 6.54 Å². The standard InChI is InChI=1S/C14H20N2O4/c1-8-6-12(10(3)20-8)9(2)15-14(19)16(7-13(17)18)11-4-5-11/h6,9,11H,4-5,7H2,1-3H3,(H,15,19)(H,17,18). The smallest absolute Gasteiger partial charge is 0.323 e. The molecule has 0 spiro atoms. The molecule has 1 saturated carbocycles. The van der Waals surface area contributed by atoms with Crippen molar-refractivity contribution in [2.45, 2.75) is 45.7 Å². The zero-order valence-electron chi connectivity index (χ0n) is 12.0. The van der Waals surface area contributed by atoms with Crippen LogP contribution in [0.1, 0.15) is 42.9 Å². The summed E-state index contributed by atoms with van der Waals surface area (Å²) in [6, 6.07) is 1.40. The maximum Gasteiger partial charge on any atom is 0.323 e. The van der Waals surface area contributed by atoms with E-state index < -0.39 is 5.97 Å². The number of hydrogen-bond donors (Lipinski definition) is 2. The minimum absolute atomic E-state index is 0.0606. The minimum Gasteiger partial charge on any atom is -0.480 e. The highest BCUT2D eigenvalue weighted by molar-refractivity contribution is 5.81. The van der Waals surface area contributed by atoms with Gasteiger partial charge in [-0.05, 0) is 39.7 Å². The molecule has 0 aromatic carbocycles. The second-order valence-corrected chi connectivity index (χ2v) is 5.29. The van der Waals surface area contributed by atoms with Crippen LogP contribution in [0.4, 0.5) is 4.79 Å². The van der Waals surface area contributed by atoms with Gasteiger partial charge >= 0.3 is 12.0 Å². The Morgan fingerprint density at radius 1 is 1.50 bits per heavy atom. The molecule has 1 aliphatic carbocycles. The molecule has 0 radical (unpaired) electrons. The molecule has 1 heterocycles. The Hall–Kier alpha value is -1.98. The lowest BCUT2D eigenvalue weighted by atomic mass is 10.1. The number of urea groups is 1. The molecule has 6 heteroatoms. The van der Waals surface area contributed by atoms with Gasteiger partial charge in [0.15, 0.2) is 0 Å². The molecule has 2 N–H and O–H groups in total. The number of carboxylic acid groups (broad SMARTS) is 1. The second kappa shape index (κ2) is 5.56. The van der Waals surface area contributed by atoms with Gasteiger partial charge < -0.3 is 19.7 Å². The normalized spacial score (nSPS) is 15.8. The average Bonchev–Trinajstić information content (AvgIpc) is 3.11. The second-order valence-electron chi connectivity index (χ2n) is 5.29. The number of carboxylic acids is 1. The first-order valence-corrected chi connectivity index (χ1v) is 6.74. The van der Waals surface area contributed by atoms with E-state index >= 15 is 0 Å². The van der Waals surface area contributed by atoms with Crippen LogP contribution in [0.5, 0.6) is 0 Å². The lowest BCUT2D eigenvalue weighted by Gasteiger charge is -2.23. The fourth-order valence-electron chi connectivity index (χ4n) is 2.32. The first-order valence-electron chi connectivity index (χ1n) is 6.74. The summed E-state index contributed by atoms with van der Waals surface area (Å²) in [4.78, 5) is 24.4. The number of carbonyl (C=O) groups is 2. The molecule has 1 atom stereocenters. The summed E-state index contributed by atoms with van der Waals surface area (Å²) in [7, 11) is 0. The fraction of sp³-hybridized carbons (Fsp3) is 0.571. The summed E-state index contributed by atoms with van der Waals surface area (Å²) in [5.41, 5.74) is 0.918. The van der Waals surface area contributed by atoms with Crippen molar-refractivity contribution in [3.63, 3.8) is 0 Å². The summed E-state index contributed by atoms with van der Waals surface area (Å²) >= 11 is 0. The monoisotopic (exact) mass is 280 g/mol. The van der Waals surface area contributed by atoms with Crippen LogP contribution in [0.3, 0.4) is 0 Å². The van der Waals surface area contributed by atoms with Gasteiger partial charge in [-0.25, -0.2) is 4.79 Å². The maximum absolute atomic E-state index is 12.2. The Morgan fingerprint density at radius 2 is 2.15 bits per heavy atom. The van der Waals surface area contributed by atoms with Crippen LogP contribution < -0.4 is 5.32 Å². The van der Waals surface area contributed by atoms with Crippen LogP contribution in [-0.4, -0.2) is 34.6 Å². The summed E-state index contributed by atoms with van der Waals surface area (Å²) in [6.45, 7) is 5.31. The Morgan fingerprint density at radius 3 is 2.60 bits per heavy atom. The summed E-state index contributed by atoms with van der Waals surface area (Å²) in [6.07, 6.45) is 1.75. The number of aryl methyl sites for hydroxylation is 2. The fourth-order valence-corrected chi connectivity index (χ4v) is 2.32. The molecule has 6 nitrogen and oxygen atoms in total. The first kappa shape index (κ1) is 14.4. The van der Waals surface area contributed by atoms with E-state index in [9.17, 15) is 9.59 Å². The van der Waals surface area contributed by atoms with Gasteiger partial charge in [-0.1, -0.05) is 0 Å². The van der Waals surface area contributed by atoms with Crippen LogP contribution >= 0.6 is 0 Å². The molecule has 0 aliphatic heterocycles. The predicted octanol–water partition coefficient (Wildman–Crippen LogP) is 2.22. The molecule has 0 bridgehead atoms. The van der Waals surface area contributed by atoms with E-state index in [0.717, 1.165) is 29.9 Å². The number of hydrogen-bond acceptors (Lipinski definition) is 3. The number of carbonyl (C=O) groups excluding carboxylic acids is 1. The van der Waals surface area contributed by atoms with Gasteiger partial charge in [-0.3, -0.25) is 4.79 Å². The molecular formula is C14H20N2O4. The molecule has 110 valence electrons.